The lowest BCUT2D eigenvalue weighted by atomic mass is 10.1. The smallest absolute Gasteiger partial charge is 0.287 e. The summed E-state index contributed by atoms with van der Waals surface area (Å²) in [6.07, 6.45) is 0. The number of rotatable bonds is 4. The van der Waals surface area contributed by atoms with Gasteiger partial charge in [-0.1, -0.05) is 30.3 Å². The predicted molar refractivity (Wildman–Crippen MR) is 103 cm³/mol. The topological polar surface area (TPSA) is 87.3 Å². The molecular formula is C20H20N4O3. The molecule has 0 atom stereocenters. The molecule has 0 spiro atoms. The first kappa shape index (κ1) is 17.2. The van der Waals surface area contributed by atoms with Gasteiger partial charge in [-0.3, -0.25) is 9.59 Å². The van der Waals surface area contributed by atoms with E-state index >= 15 is 0 Å². The Morgan fingerprint density at radius 1 is 1.11 bits per heavy atom. The second-order valence-electron chi connectivity index (χ2n) is 6.34. The molecule has 0 unspecified atom stereocenters. The highest BCUT2D eigenvalue weighted by Gasteiger charge is 2.16. The van der Waals surface area contributed by atoms with Crippen LogP contribution in [0.15, 0.2) is 53.3 Å². The van der Waals surface area contributed by atoms with Crippen LogP contribution in [0.3, 0.4) is 0 Å². The zero-order valence-electron chi connectivity index (χ0n) is 14.8. The van der Waals surface area contributed by atoms with Gasteiger partial charge in [-0.05, 0) is 23.8 Å². The van der Waals surface area contributed by atoms with Crippen molar-refractivity contribution in [1.82, 2.24) is 15.3 Å². The molecule has 1 fully saturated rings. The number of morpholine rings is 1. The first-order chi connectivity index (χ1) is 13.2. The van der Waals surface area contributed by atoms with Crippen LogP contribution in [-0.4, -0.2) is 42.2 Å². The highest BCUT2D eigenvalue weighted by atomic mass is 16.5. The van der Waals surface area contributed by atoms with Crippen molar-refractivity contribution in [2.24, 2.45) is 0 Å². The molecule has 2 aromatic carbocycles. The van der Waals surface area contributed by atoms with Gasteiger partial charge in [-0.25, -0.2) is 4.98 Å². The molecule has 27 heavy (non-hydrogen) atoms. The average molecular weight is 364 g/mol. The van der Waals surface area contributed by atoms with Crippen LogP contribution in [0.4, 0.5) is 5.69 Å². The lowest BCUT2D eigenvalue weighted by Crippen LogP contribution is -2.37. The van der Waals surface area contributed by atoms with Crippen LogP contribution < -0.4 is 15.8 Å². The van der Waals surface area contributed by atoms with Gasteiger partial charge in [0.25, 0.3) is 11.5 Å². The number of nitrogens with one attached hydrogen (secondary N) is 2. The molecule has 1 saturated heterocycles. The molecule has 1 aliphatic rings. The molecule has 3 aromatic rings. The Kier molecular flexibility index (Phi) is 4.84. The molecule has 7 heteroatoms. The van der Waals surface area contributed by atoms with Gasteiger partial charge in [0.15, 0.2) is 5.82 Å². The zero-order chi connectivity index (χ0) is 18.6. The van der Waals surface area contributed by atoms with E-state index in [1.807, 2.05) is 24.3 Å². The number of nitrogens with zero attached hydrogens (tertiary/aromatic N) is 2. The summed E-state index contributed by atoms with van der Waals surface area (Å²) < 4.78 is 5.41. The van der Waals surface area contributed by atoms with Crippen LogP contribution >= 0.6 is 0 Å². The van der Waals surface area contributed by atoms with Gasteiger partial charge in [0.2, 0.25) is 0 Å². The van der Waals surface area contributed by atoms with E-state index in [0.717, 1.165) is 24.3 Å². The number of carbonyl (C=O) groups excluding carboxylic acids is 1. The van der Waals surface area contributed by atoms with E-state index in [9.17, 15) is 9.59 Å². The van der Waals surface area contributed by atoms with Gasteiger partial charge in [0.05, 0.1) is 24.1 Å². The summed E-state index contributed by atoms with van der Waals surface area (Å²) in [7, 11) is 0. The third-order valence-electron chi connectivity index (χ3n) is 4.61. The molecule has 138 valence electrons. The van der Waals surface area contributed by atoms with Crippen LogP contribution in [0.1, 0.15) is 16.2 Å². The summed E-state index contributed by atoms with van der Waals surface area (Å²) in [6, 6.07) is 14.9. The van der Waals surface area contributed by atoms with E-state index < -0.39 is 5.91 Å². The highest BCUT2D eigenvalue weighted by Crippen LogP contribution is 2.21. The summed E-state index contributed by atoms with van der Waals surface area (Å²) in [4.78, 5) is 33.7. The number of aromatic amines is 1. The molecule has 1 amide bonds. The Morgan fingerprint density at radius 2 is 1.85 bits per heavy atom. The second kappa shape index (κ2) is 7.59. The van der Waals surface area contributed by atoms with Gasteiger partial charge in [-0.2, -0.15) is 0 Å². The largest absolute Gasteiger partial charge is 0.378 e. The summed E-state index contributed by atoms with van der Waals surface area (Å²) in [6.45, 7) is 3.39. The van der Waals surface area contributed by atoms with Gasteiger partial charge >= 0.3 is 0 Å². The molecule has 4 rings (SSSR count). The van der Waals surface area contributed by atoms with Crippen molar-refractivity contribution >= 4 is 22.5 Å². The number of aromatic nitrogens is 2. The van der Waals surface area contributed by atoms with Crippen molar-refractivity contribution in [3.8, 4) is 0 Å². The number of benzene rings is 2. The molecule has 0 aliphatic carbocycles. The van der Waals surface area contributed by atoms with Crippen molar-refractivity contribution in [3.05, 3.63) is 70.3 Å². The molecule has 2 N–H and O–H groups in total. The van der Waals surface area contributed by atoms with Crippen molar-refractivity contribution in [2.75, 3.05) is 31.2 Å². The number of amides is 1. The van der Waals surface area contributed by atoms with Crippen molar-refractivity contribution in [1.29, 1.82) is 0 Å². The number of hydrogen-bond donors (Lipinski definition) is 2. The summed E-state index contributed by atoms with van der Waals surface area (Å²) in [5.74, 6) is -0.391. The van der Waals surface area contributed by atoms with Crippen LogP contribution in [-0.2, 0) is 11.3 Å². The maximum atomic E-state index is 12.5. The quantitative estimate of drug-likeness (QED) is 0.736. The lowest BCUT2D eigenvalue weighted by Gasteiger charge is -2.30. The SMILES string of the molecule is O=C(NCc1ccccc1N1CCOCC1)c1nc2ccccc2c(=O)[nH]1. The minimum atomic E-state index is -0.408. The Morgan fingerprint density at radius 3 is 2.70 bits per heavy atom. The van der Waals surface area contributed by atoms with E-state index in [4.69, 9.17) is 4.74 Å². The summed E-state index contributed by atoms with van der Waals surface area (Å²) in [5, 5.41) is 3.32. The molecule has 1 aromatic heterocycles. The van der Waals surface area contributed by atoms with Gasteiger partial charge in [-0.15, -0.1) is 0 Å². The molecule has 7 nitrogen and oxygen atoms in total. The number of hydrogen-bond acceptors (Lipinski definition) is 5. The number of ether oxygens (including phenoxy) is 1. The molecule has 0 bridgehead atoms. The predicted octanol–water partition coefficient (Wildman–Crippen LogP) is 1.69. The minimum Gasteiger partial charge on any atom is -0.378 e. The van der Waals surface area contributed by atoms with Crippen LogP contribution in [0.25, 0.3) is 10.9 Å². The average Bonchev–Trinajstić information content (AvgIpc) is 2.73. The third kappa shape index (κ3) is 3.68. The molecule has 0 radical (unpaired) electrons. The molecule has 1 aliphatic heterocycles. The summed E-state index contributed by atoms with van der Waals surface area (Å²) in [5.41, 5.74) is 2.27. The Bertz CT molecular complexity index is 1020. The van der Waals surface area contributed by atoms with Gasteiger partial charge < -0.3 is 19.9 Å². The number of fused-ring (bicyclic) bond motifs is 1. The van der Waals surface area contributed by atoms with E-state index in [1.165, 1.54) is 0 Å². The van der Waals surface area contributed by atoms with Crippen LogP contribution in [0.2, 0.25) is 0 Å². The number of carbonyl (C=O) groups is 1. The van der Waals surface area contributed by atoms with E-state index in [1.54, 1.807) is 24.3 Å². The van der Waals surface area contributed by atoms with Crippen molar-refractivity contribution in [2.45, 2.75) is 6.54 Å². The Balaban J connectivity index is 1.52. The van der Waals surface area contributed by atoms with Gasteiger partial charge in [0, 0.05) is 25.3 Å². The third-order valence-corrected chi connectivity index (χ3v) is 4.61. The number of para-hydroxylation sites is 2. The monoisotopic (exact) mass is 364 g/mol. The van der Waals surface area contributed by atoms with E-state index in [2.05, 4.69) is 20.2 Å². The normalized spacial score (nSPS) is 14.3. The first-order valence-corrected chi connectivity index (χ1v) is 8.90. The number of H-pyrrole nitrogens is 1. The lowest BCUT2D eigenvalue weighted by molar-refractivity contribution is 0.0940. The minimum absolute atomic E-state index is 0.0163. The fraction of sp³-hybridized carbons (Fsp3) is 0.250. The number of anilines is 1. The van der Waals surface area contributed by atoms with Crippen molar-refractivity contribution in [3.63, 3.8) is 0 Å². The fourth-order valence-corrected chi connectivity index (χ4v) is 3.23. The first-order valence-electron chi connectivity index (χ1n) is 8.90. The van der Waals surface area contributed by atoms with Crippen LogP contribution in [0.5, 0.6) is 0 Å². The zero-order valence-corrected chi connectivity index (χ0v) is 14.8. The Labute approximate surface area is 156 Å². The second-order valence-corrected chi connectivity index (χ2v) is 6.34. The summed E-state index contributed by atoms with van der Waals surface area (Å²) >= 11 is 0. The van der Waals surface area contributed by atoms with Crippen LogP contribution in [0, 0.1) is 0 Å². The molecule has 2 heterocycles. The maximum absolute atomic E-state index is 12.5. The maximum Gasteiger partial charge on any atom is 0.287 e. The van der Waals surface area contributed by atoms with E-state index in [-0.39, 0.29) is 11.4 Å². The van der Waals surface area contributed by atoms with Gasteiger partial charge in [0.1, 0.15) is 0 Å². The Hall–Kier alpha value is -3.19. The van der Waals surface area contributed by atoms with Crippen molar-refractivity contribution < 1.29 is 9.53 Å². The molecular weight excluding hydrogens is 344 g/mol. The van der Waals surface area contributed by atoms with E-state index in [0.29, 0.717) is 30.7 Å². The highest BCUT2D eigenvalue weighted by molar-refractivity contribution is 5.92. The fourth-order valence-electron chi connectivity index (χ4n) is 3.23. The standard InChI is InChI=1S/C20H20N4O3/c25-19-15-6-2-3-7-16(15)22-18(23-19)20(26)21-13-14-5-1-4-8-17(14)24-9-11-27-12-10-24/h1-8H,9-13H2,(H,21,26)(H,22,23,25). The molecule has 0 saturated carbocycles.